The Labute approximate surface area is 75.6 Å². The molecular weight excluding hydrogens is 232 g/mol. The minimum Gasteiger partial charge on any atom is -0.411 e. The topological polar surface area (TPSA) is 32.6 Å². The molecule has 0 saturated carbocycles. The zero-order chi connectivity index (χ0) is 9.14. The Bertz CT molecular complexity index is 327. The van der Waals surface area contributed by atoms with Crippen molar-refractivity contribution < 1.29 is 14.0 Å². The second kappa shape index (κ2) is 3.62. The molecule has 0 aliphatic rings. The Morgan fingerprint density at radius 3 is 2.58 bits per heavy atom. The highest BCUT2D eigenvalue weighted by atomic mass is 79.9. The zero-order valence-electron chi connectivity index (χ0n) is 5.76. The van der Waals surface area contributed by atoms with Crippen LogP contribution in [-0.2, 0) is 0 Å². The summed E-state index contributed by atoms with van der Waals surface area (Å²) in [6.45, 7) is 0. The molecule has 0 fully saturated rings. The number of oxime groups is 1. The van der Waals surface area contributed by atoms with Gasteiger partial charge in [-0.25, -0.2) is 8.78 Å². The summed E-state index contributed by atoms with van der Waals surface area (Å²) < 4.78 is 25.6. The summed E-state index contributed by atoms with van der Waals surface area (Å²) in [5.41, 5.74) is -0.0989. The number of rotatable bonds is 1. The molecule has 64 valence electrons. The lowest BCUT2D eigenvalue weighted by Crippen LogP contribution is -1.93. The summed E-state index contributed by atoms with van der Waals surface area (Å²) in [6, 6.07) is 2.62. The quantitative estimate of drug-likeness (QED) is 0.345. The van der Waals surface area contributed by atoms with Crippen LogP contribution in [0.3, 0.4) is 0 Å². The van der Waals surface area contributed by atoms with Gasteiger partial charge in [-0.05, 0) is 28.1 Å². The Balaban J connectivity index is 3.26. The smallest absolute Gasteiger partial charge is 0.173 e. The van der Waals surface area contributed by atoms with Gasteiger partial charge in [0, 0.05) is 5.56 Å². The number of benzene rings is 1. The molecule has 0 spiro atoms. The molecule has 0 heterocycles. The van der Waals surface area contributed by atoms with Crippen molar-refractivity contribution in [2.75, 3.05) is 0 Å². The van der Waals surface area contributed by atoms with Gasteiger partial charge in [0.2, 0.25) is 0 Å². The summed E-state index contributed by atoms with van der Waals surface area (Å²) >= 11 is 2.81. The van der Waals surface area contributed by atoms with Crippen molar-refractivity contribution in [2.24, 2.45) is 5.16 Å². The van der Waals surface area contributed by atoms with Gasteiger partial charge in [0.15, 0.2) is 11.6 Å². The van der Waals surface area contributed by atoms with Gasteiger partial charge in [-0.1, -0.05) is 5.16 Å². The van der Waals surface area contributed by atoms with Crippen molar-refractivity contribution in [3.63, 3.8) is 0 Å². The molecule has 2 nitrogen and oxygen atoms in total. The molecule has 1 rings (SSSR count). The predicted octanol–water partition coefficient (Wildman–Crippen LogP) is 2.54. The monoisotopic (exact) mass is 235 g/mol. The van der Waals surface area contributed by atoms with E-state index < -0.39 is 11.6 Å². The van der Waals surface area contributed by atoms with E-state index >= 15 is 0 Å². The summed E-state index contributed by atoms with van der Waals surface area (Å²) in [6.07, 6.45) is 0.824. The van der Waals surface area contributed by atoms with Gasteiger partial charge in [0.25, 0.3) is 0 Å². The Morgan fingerprint density at radius 2 is 2.00 bits per heavy atom. The Morgan fingerprint density at radius 1 is 1.33 bits per heavy atom. The van der Waals surface area contributed by atoms with E-state index in [4.69, 9.17) is 5.21 Å². The molecule has 0 aliphatic carbocycles. The molecule has 0 radical (unpaired) electrons. The van der Waals surface area contributed by atoms with Crippen molar-refractivity contribution in [1.82, 2.24) is 0 Å². The maximum atomic E-state index is 12.8. The lowest BCUT2D eigenvalue weighted by molar-refractivity contribution is 0.321. The van der Waals surface area contributed by atoms with Crippen molar-refractivity contribution in [3.8, 4) is 0 Å². The molecule has 0 atom stereocenters. The highest BCUT2D eigenvalue weighted by Crippen LogP contribution is 2.19. The minimum absolute atomic E-state index is 0.0371. The first kappa shape index (κ1) is 9.12. The fourth-order valence-electron chi connectivity index (χ4n) is 0.703. The van der Waals surface area contributed by atoms with E-state index in [1.54, 1.807) is 0 Å². The van der Waals surface area contributed by atoms with Crippen LogP contribution in [0.4, 0.5) is 8.78 Å². The standard InChI is InChI=1S/C7H4BrF2NO/c8-5-2-1-4(3-11-12)6(9)7(5)10/h1-3,12H. The average Bonchev–Trinajstić information content (AvgIpc) is 2.07. The lowest BCUT2D eigenvalue weighted by Gasteiger charge is -1.98. The van der Waals surface area contributed by atoms with Crippen molar-refractivity contribution in [2.45, 2.75) is 0 Å². The molecule has 0 bridgehead atoms. The Kier molecular flexibility index (Phi) is 2.75. The average molecular weight is 236 g/mol. The van der Waals surface area contributed by atoms with Gasteiger partial charge < -0.3 is 5.21 Å². The molecule has 0 unspecified atom stereocenters. The van der Waals surface area contributed by atoms with E-state index in [9.17, 15) is 8.78 Å². The first-order chi connectivity index (χ1) is 5.66. The van der Waals surface area contributed by atoms with Crippen LogP contribution in [0, 0.1) is 11.6 Å². The Hall–Kier alpha value is -0.970. The summed E-state index contributed by atoms with van der Waals surface area (Å²) in [5.74, 6) is -2.03. The second-order valence-electron chi connectivity index (χ2n) is 2.01. The van der Waals surface area contributed by atoms with Crippen LogP contribution < -0.4 is 0 Å². The predicted molar refractivity (Wildman–Crippen MR) is 43.4 cm³/mol. The van der Waals surface area contributed by atoms with Gasteiger partial charge in [-0.15, -0.1) is 0 Å². The van der Waals surface area contributed by atoms with Crippen LogP contribution in [-0.4, -0.2) is 11.4 Å². The van der Waals surface area contributed by atoms with Crippen LogP contribution in [0.15, 0.2) is 21.8 Å². The fraction of sp³-hybridized carbons (Fsp3) is 0. The van der Waals surface area contributed by atoms with Gasteiger partial charge in [-0.3, -0.25) is 0 Å². The number of hydrogen-bond donors (Lipinski definition) is 1. The molecule has 0 aromatic heterocycles. The largest absolute Gasteiger partial charge is 0.411 e. The van der Waals surface area contributed by atoms with E-state index in [-0.39, 0.29) is 10.0 Å². The van der Waals surface area contributed by atoms with E-state index in [0.29, 0.717) is 0 Å². The summed E-state index contributed by atoms with van der Waals surface area (Å²) in [5, 5.41) is 10.7. The third kappa shape index (κ3) is 1.61. The number of halogens is 3. The van der Waals surface area contributed by atoms with Crippen molar-refractivity contribution >= 4 is 22.1 Å². The molecule has 0 saturated heterocycles. The summed E-state index contributed by atoms with van der Waals surface area (Å²) in [4.78, 5) is 0. The first-order valence-electron chi connectivity index (χ1n) is 2.97. The first-order valence-corrected chi connectivity index (χ1v) is 3.77. The molecule has 1 N–H and O–H groups in total. The molecule has 1 aromatic carbocycles. The van der Waals surface area contributed by atoms with Crippen LogP contribution in [0.25, 0.3) is 0 Å². The third-order valence-corrected chi connectivity index (χ3v) is 1.87. The second-order valence-corrected chi connectivity index (χ2v) is 2.86. The third-order valence-electron chi connectivity index (χ3n) is 1.26. The molecular formula is C7H4BrF2NO. The minimum atomic E-state index is -1.04. The normalized spacial score (nSPS) is 10.9. The van der Waals surface area contributed by atoms with Crippen molar-refractivity contribution in [3.05, 3.63) is 33.8 Å². The number of nitrogens with zero attached hydrogens (tertiary/aromatic N) is 1. The van der Waals surface area contributed by atoms with E-state index in [0.717, 1.165) is 6.21 Å². The van der Waals surface area contributed by atoms with Crippen LogP contribution in [0.2, 0.25) is 0 Å². The van der Waals surface area contributed by atoms with E-state index in [1.165, 1.54) is 12.1 Å². The van der Waals surface area contributed by atoms with Gasteiger partial charge in [0.1, 0.15) is 0 Å². The van der Waals surface area contributed by atoms with Crippen LogP contribution in [0.5, 0.6) is 0 Å². The molecule has 0 aliphatic heterocycles. The lowest BCUT2D eigenvalue weighted by atomic mass is 10.2. The molecule has 0 amide bonds. The van der Waals surface area contributed by atoms with Gasteiger partial charge in [-0.2, -0.15) is 0 Å². The molecule has 5 heteroatoms. The zero-order valence-corrected chi connectivity index (χ0v) is 7.35. The van der Waals surface area contributed by atoms with Crippen molar-refractivity contribution in [1.29, 1.82) is 0 Å². The van der Waals surface area contributed by atoms with Gasteiger partial charge in [0.05, 0.1) is 10.7 Å². The molecule has 12 heavy (non-hydrogen) atoms. The van der Waals surface area contributed by atoms with Gasteiger partial charge >= 0.3 is 0 Å². The number of hydrogen-bond acceptors (Lipinski definition) is 2. The molecule has 1 aromatic rings. The van der Waals surface area contributed by atoms with E-state index in [1.807, 2.05) is 0 Å². The highest BCUT2D eigenvalue weighted by Gasteiger charge is 2.09. The SMILES string of the molecule is ON=Cc1ccc(Br)c(F)c1F. The van der Waals surface area contributed by atoms with Crippen LogP contribution >= 0.6 is 15.9 Å². The maximum absolute atomic E-state index is 12.8. The highest BCUT2D eigenvalue weighted by molar-refractivity contribution is 9.10. The van der Waals surface area contributed by atoms with Crippen LogP contribution in [0.1, 0.15) is 5.56 Å². The maximum Gasteiger partial charge on any atom is 0.173 e. The van der Waals surface area contributed by atoms with E-state index in [2.05, 4.69) is 21.1 Å². The summed E-state index contributed by atoms with van der Waals surface area (Å²) in [7, 11) is 0. The fourth-order valence-corrected chi connectivity index (χ4v) is 1.01.